The highest BCUT2D eigenvalue weighted by molar-refractivity contribution is 5.81. The highest BCUT2D eigenvalue weighted by atomic mass is 16.3. The molecule has 3 nitrogen and oxygen atoms in total. The van der Waals surface area contributed by atoms with E-state index < -0.39 is 0 Å². The summed E-state index contributed by atoms with van der Waals surface area (Å²) >= 11 is 0. The monoisotopic (exact) mass is 277 g/mol. The lowest BCUT2D eigenvalue weighted by Crippen LogP contribution is -2.37. The average Bonchev–Trinajstić information content (AvgIpc) is 2.39. The maximum atomic E-state index is 11.7. The van der Waals surface area contributed by atoms with E-state index in [9.17, 15) is 9.90 Å². The van der Waals surface area contributed by atoms with Crippen LogP contribution in [0.25, 0.3) is 0 Å². The van der Waals surface area contributed by atoms with Crippen molar-refractivity contribution in [3.05, 3.63) is 28.8 Å². The van der Waals surface area contributed by atoms with Gasteiger partial charge in [-0.1, -0.05) is 31.9 Å². The van der Waals surface area contributed by atoms with Gasteiger partial charge >= 0.3 is 0 Å². The summed E-state index contributed by atoms with van der Waals surface area (Å²) in [6.45, 7) is 8.47. The summed E-state index contributed by atoms with van der Waals surface area (Å²) < 4.78 is 0. The van der Waals surface area contributed by atoms with Crippen LogP contribution in [-0.4, -0.2) is 23.5 Å². The number of carbonyl (C=O) groups is 1. The molecule has 0 saturated carbocycles. The quantitative estimate of drug-likeness (QED) is 0.717. The molecule has 3 heteroatoms. The van der Waals surface area contributed by atoms with Crippen LogP contribution in [0.15, 0.2) is 12.1 Å². The Morgan fingerprint density at radius 1 is 1.25 bits per heavy atom. The number of benzene rings is 1. The summed E-state index contributed by atoms with van der Waals surface area (Å²) in [4.78, 5) is 11.7. The second-order valence-electron chi connectivity index (χ2n) is 5.61. The zero-order valence-electron chi connectivity index (χ0n) is 13.1. The summed E-state index contributed by atoms with van der Waals surface area (Å²) in [5.41, 5.74) is 2.84. The van der Waals surface area contributed by atoms with Gasteiger partial charge in [0.1, 0.15) is 11.5 Å². The molecular weight excluding hydrogens is 250 g/mol. The summed E-state index contributed by atoms with van der Waals surface area (Å²) in [6, 6.07) is 3.80. The van der Waals surface area contributed by atoms with Crippen molar-refractivity contribution in [2.24, 2.45) is 0 Å². The number of phenols is 1. The number of aromatic hydroxyl groups is 1. The molecule has 0 amide bonds. The van der Waals surface area contributed by atoms with E-state index in [1.165, 1.54) is 12.8 Å². The molecule has 112 valence electrons. The Bertz CT molecular complexity index is 431. The van der Waals surface area contributed by atoms with Gasteiger partial charge in [-0.25, -0.2) is 0 Å². The van der Waals surface area contributed by atoms with Crippen LogP contribution in [0, 0.1) is 13.8 Å². The van der Waals surface area contributed by atoms with Gasteiger partial charge in [-0.15, -0.1) is 0 Å². The highest BCUT2D eigenvalue weighted by Crippen LogP contribution is 2.23. The van der Waals surface area contributed by atoms with Crippen LogP contribution >= 0.6 is 0 Å². The van der Waals surface area contributed by atoms with Crippen LogP contribution in [0.2, 0.25) is 0 Å². The Balaban J connectivity index is 2.68. The number of unbranched alkanes of at least 4 members (excludes halogenated alkanes) is 2. The predicted octanol–water partition coefficient (Wildman–Crippen LogP) is 3.29. The lowest BCUT2D eigenvalue weighted by Gasteiger charge is -2.17. The molecule has 0 spiro atoms. The van der Waals surface area contributed by atoms with E-state index in [0.717, 1.165) is 29.7 Å². The molecule has 0 aromatic heterocycles. The SMILES string of the molecule is CCCCCNC(Cc1cc(C)c(O)c(C)c1)C(C)=O. The number of phenolic OH excluding ortho intramolecular Hbond substituents is 1. The normalized spacial score (nSPS) is 12.4. The lowest BCUT2D eigenvalue weighted by molar-refractivity contribution is -0.118. The molecule has 0 aliphatic carbocycles. The lowest BCUT2D eigenvalue weighted by atomic mass is 9.98. The second kappa shape index (κ2) is 8.05. The molecule has 20 heavy (non-hydrogen) atoms. The first-order chi connectivity index (χ1) is 9.45. The van der Waals surface area contributed by atoms with Crippen molar-refractivity contribution in [3.63, 3.8) is 0 Å². The van der Waals surface area contributed by atoms with Crippen LogP contribution in [0.3, 0.4) is 0 Å². The Morgan fingerprint density at radius 2 is 1.85 bits per heavy atom. The first kappa shape index (κ1) is 16.7. The number of rotatable bonds is 8. The Hall–Kier alpha value is -1.35. The van der Waals surface area contributed by atoms with Crippen molar-refractivity contribution in [3.8, 4) is 5.75 Å². The van der Waals surface area contributed by atoms with Crippen molar-refractivity contribution in [1.82, 2.24) is 5.32 Å². The third kappa shape index (κ3) is 4.97. The first-order valence-electron chi connectivity index (χ1n) is 7.48. The molecule has 0 saturated heterocycles. The molecule has 1 unspecified atom stereocenters. The van der Waals surface area contributed by atoms with Gasteiger partial charge in [0, 0.05) is 0 Å². The Kier molecular flexibility index (Phi) is 6.73. The van der Waals surface area contributed by atoms with E-state index in [-0.39, 0.29) is 11.8 Å². The Labute approximate surface area is 122 Å². The smallest absolute Gasteiger partial charge is 0.147 e. The molecule has 2 N–H and O–H groups in total. The second-order valence-corrected chi connectivity index (χ2v) is 5.61. The van der Waals surface area contributed by atoms with Crippen molar-refractivity contribution in [1.29, 1.82) is 0 Å². The molecule has 1 atom stereocenters. The topological polar surface area (TPSA) is 49.3 Å². The largest absolute Gasteiger partial charge is 0.507 e. The summed E-state index contributed by atoms with van der Waals surface area (Å²) in [6.07, 6.45) is 4.16. The minimum Gasteiger partial charge on any atom is -0.507 e. The molecule has 0 radical (unpaired) electrons. The highest BCUT2D eigenvalue weighted by Gasteiger charge is 2.15. The van der Waals surface area contributed by atoms with E-state index in [1.54, 1.807) is 6.92 Å². The molecule has 1 rings (SSSR count). The summed E-state index contributed by atoms with van der Waals surface area (Å²) in [5, 5.41) is 13.1. The van der Waals surface area contributed by atoms with E-state index in [0.29, 0.717) is 12.2 Å². The van der Waals surface area contributed by atoms with Crippen molar-refractivity contribution in [2.45, 2.75) is 59.4 Å². The molecule has 0 aliphatic heterocycles. The van der Waals surface area contributed by atoms with E-state index in [4.69, 9.17) is 0 Å². The minimum atomic E-state index is -0.129. The number of Topliss-reactive ketones (excluding diaryl/α,β-unsaturated/α-hetero) is 1. The van der Waals surface area contributed by atoms with Crippen molar-refractivity contribution >= 4 is 5.78 Å². The van der Waals surface area contributed by atoms with Gasteiger partial charge in [0.15, 0.2) is 0 Å². The molecule has 0 bridgehead atoms. The van der Waals surface area contributed by atoms with Crippen LogP contribution in [-0.2, 0) is 11.2 Å². The van der Waals surface area contributed by atoms with Gasteiger partial charge in [0.05, 0.1) is 6.04 Å². The number of hydrogen-bond acceptors (Lipinski definition) is 3. The molecular formula is C17H27NO2. The fraction of sp³-hybridized carbons (Fsp3) is 0.588. The Morgan fingerprint density at radius 3 is 2.35 bits per heavy atom. The van der Waals surface area contributed by atoms with Crippen LogP contribution < -0.4 is 5.32 Å². The molecule has 1 aromatic rings. The first-order valence-corrected chi connectivity index (χ1v) is 7.48. The van der Waals surface area contributed by atoms with Gasteiger partial charge in [-0.3, -0.25) is 4.79 Å². The van der Waals surface area contributed by atoms with E-state index in [2.05, 4.69) is 12.2 Å². The molecule has 0 heterocycles. The maximum Gasteiger partial charge on any atom is 0.147 e. The number of aryl methyl sites for hydroxylation is 2. The fourth-order valence-electron chi connectivity index (χ4n) is 2.41. The van der Waals surface area contributed by atoms with Crippen LogP contribution in [0.5, 0.6) is 5.75 Å². The van der Waals surface area contributed by atoms with Crippen LogP contribution in [0.4, 0.5) is 0 Å². The number of ketones is 1. The van der Waals surface area contributed by atoms with E-state index >= 15 is 0 Å². The summed E-state index contributed by atoms with van der Waals surface area (Å²) in [5.74, 6) is 0.522. The third-order valence-electron chi connectivity index (χ3n) is 3.65. The molecule has 0 fully saturated rings. The molecule has 1 aromatic carbocycles. The summed E-state index contributed by atoms with van der Waals surface area (Å²) in [7, 11) is 0. The third-order valence-corrected chi connectivity index (χ3v) is 3.65. The average molecular weight is 277 g/mol. The van der Waals surface area contributed by atoms with Gasteiger partial charge in [-0.05, 0) is 56.8 Å². The van der Waals surface area contributed by atoms with Gasteiger partial charge in [-0.2, -0.15) is 0 Å². The predicted molar refractivity (Wildman–Crippen MR) is 83.3 cm³/mol. The maximum absolute atomic E-state index is 11.7. The van der Waals surface area contributed by atoms with E-state index in [1.807, 2.05) is 26.0 Å². The van der Waals surface area contributed by atoms with Crippen LogP contribution in [0.1, 0.15) is 49.8 Å². The standard InChI is InChI=1S/C17H27NO2/c1-5-6-7-8-18-16(14(4)19)11-15-9-12(2)17(20)13(3)10-15/h9-10,16,18,20H,5-8,11H2,1-4H3. The number of nitrogens with one attached hydrogen (secondary N) is 1. The molecule has 0 aliphatic rings. The van der Waals surface area contributed by atoms with Gasteiger partial charge in [0.25, 0.3) is 0 Å². The van der Waals surface area contributed by atoms with Crippen molar-refractivity contribution < 1.29 is 9.90 Å². The van der Waals surface area contributed by atoms with Gasteiger partial charge < -0.3 is 10.4 Å². The zero-order chi connectivity index (χ0) is 15.1. The minimum absolute atomic E-state index is 0.129. The fourth-order valence-corrected chi connectivity index (χ4v) is 2.41. The van der Waals surface area contributed by atoms with Gasteiger partial charge in [0.2, 0.25) is 0 Å². The number of carbonyl (C=O) groups excluding carboxylic acids is 1. The zero-order valence-corrected chi connectivity index (χ0v) is 13.1. The number of hydrogen-bond donors (Lipinski definition) is 2. The van der Waals surface area contributed by atoms with Crippen molar-refractivity contribution in [2.75, 3.05) is 6.54 Å².